The Morgan fingerprint density at radius 3 is 2.63 bits per heavy atom. The number of halogens is 3. The Labute approximate surface area is 236 Å². The molecule has 1 amide bonds. The van der Waals surface area contributed by atoms with Gasteiger partial charge in [0.1, 0.15) is 17.1 Å². The lowest BCUT2D eigenvalue weighted by Crippen LogP contribution is -2.43. The lowest BCUT2D eigenvalue weighted by atomic mass is 9.97. The highest BCUT2D eigenvalue weighted by Gasteiger charge is 2.37. The highest BCUT2D eigenvalue weighted by Crippen LogP contribution is 2.40. The normalized spacial score (nSPS) is 16.1. The van der Waals surface area contributed by atoms with Gasteiger partial charge in [-0.15, -0.1) is 0 Å². The molecule has 1 fully saturated rings. The standard InChI is InChI=1S/C29H32F3N5O4/c1-17-4-7-24(21-16-40-13-10-20(17)21)41-27-22(29(30,31)32)15-33-28(36-27)35-23-6-5-18(14-25(23)39-3)26(38)34-19-8-11-37(2)12-9-19/h4-7,14-15,19H,8-13,16H2,1-3H3,(H,34,38)(H,33,35,36). The molecule has 2 N–H and O–H groups in total. The van der Waals surface area contributed by atoms with E-state index < -0.39 is 17.6 Å². The summed E-state index contributed by atoms with van der Waals surface area (Å²) in [5.41, 5.74) is 2.38. The lowest BCUT2D eigenvalue weighted by Gasteiger charge is -2.29. The number of fused-ring (bicyclic) bond motifs is 1. The molecule has 218 valence electrons. The molecule has 5 rings (SSSR count). The van der Waals surface area contributed by atoms with E-state index in [1.807, 2.05) is 13.0 Å². The van der Waals surface area contributed by atoms with Crippen molar-refractivity contribution in [2.24, 2.45) is 0 Å². The number of aromatic nitrogens is 2. The average Bonchev–Trinajstić information content (AvgIpc) is 2.95. The molecule has 41 heavy (non-hydrogen) atoms. The van der Waals surface area contributed by atoms with E-state index >= 15 is 0 Å². The molecule has 1 aromatic heterocycles. The summed E-state index contributed by atoms with van der Waals surface area (Å²) in [6.45, 7) is 4.54. The molecule has 2 aromatic carbocycles. The number of anilines is 2. The van der Waals surface area contributed by atoms with Gasteiger partial charge in [-0.3, -0.25) is 4.79 Å². The van der Waals surface area contributed by atoms with E-state index in [1.54, 1.807) is 24.3 Å². The van der Waals surface area contributed by atoms with Gasteiger partial charge in [0.2, 0.25) is 11.8 Å². The minimum atomic E-state index is -4.74. The third kappa shape index (κ3) is 6.54. The second kappa shape index (κ2) is 11.9. The predicted molar refractivity (Wildman–Crippen MR) is 146 cm³/mol. The number of amides is 1. The number of ether oxygens (including phenoxy) is 3. The van der Waals surface area contributed by atoms with E-state index in [1.165, 1.54) is 7.11 Å². The van der Waals surface area contributed by atoms with Crippen LogP contribution in [0.2, 0.25) is 0 Å². The van der Waals surface area contributed by atoms with E-state index in [2.05, 4.69) is 32.5 Å². The molecule has 0 bridgehead atoms. The van der Waals surface area contributed by atoms with Crippen LogP contribution in [0.25, 0.3) is 0 Å². The van der Waals surface area contributed by atoms with Crippen molar-refractivity contribution in [3.05, 3.63) is 64.3 Å². The van der Waals surface area contributed by atoms with Gasteiger partial charge in [0.25, 0.3) is 5.91 Å². The Kier molecular flexibility index (Phi) is 8.32. The van der Waals surface area contributed by atoms with E-state index in [0.29, 0.717) is 41.8 Å². The van der Waals surface area contributed by atoms with E-state index in [0.717, 1.165) is 37.1 Å². The summed E-state index contributed by atoms with van der Waals surface area (Å²) < 4.78 is 58.4. The van der Waals surface area contributed by atoms with Crippen molar-refractivity contribution in [2.45, 2.75) is 45.0 Å². The Morgan fingerprint density at radius 2 is 1.90 bits per heavy atom. The zero-order chi connectivity index (χ0) is 29.1. The predicted octanol–water partition coefficient (Wildman–Crippen LogP) is 5.25. The topological polar surface area (TPSA) is 97.8 Å². The molecular weight excluding hydrogens is 539 g/mol. The SMILES string of the molecule is COc1cc(C(=O)NC2CCN(C)CC2)ccc1Nc1ncc(C(F)(F)F)c(Oc2ccc(C)c3c2COCC3)n1. The summed E-state index contributed by atoms with van der Waals surface area (Å²) in [4.78, 5) is 23.0. The molecule has 9 nitrogen and oxygen atoms in total. The molecule has 1 saturated heterocycles. The van der Waals surface area contributed by atoms with E-state index in [9.17, 15) is 18.0 Å². The zero-order valence-corrected chi connectivity index (χ0v) is 23.1. The van der Waals surface area contributed by atoms with Crippen LogP contribution < -0.4 is 20.1 Å². The maximum Gasteiger partial charge on any atom is 0.423 e. The summed E-state index contributed by atoms with van der Waals surface area (Å²) in [5.74, 6) is -0.446. The summed E-state index contributed by atoms with van der Waals surface area (Å²) >= 11 is 0. The Morgan fingerprint density at radius 1 is 1.12 bits per heavy atom. The average molecular weight is 572 g/mol. The van der Waals surface area contributed by atoms with Crippen LogP contribution in [-0.4, -0.2) is 60.7 Å². The van der Waals surface area contributed by atoms with Crippen molar-refractivity contribution >= 4 is 17.5 Å². The molecule has 0 saturated carbocycles. The first kappa shape index (κ1) is 28.6. The molecule has 0 spiro atoms. The van der Waals surface area contributed by atoms with Gasteiger partial charge in [-0.1, -0.05) is 6.07 Å². The number of piperidine rings is 1. The number of aryl methyl sites for hydroxylation is 1. The monoisotopic (exact) mass is 571 g/mol. The Bertz CT molecular complexity index is 1420. The minimum Gasteiger partial charge on any atom is -0.495 e. The van der Waals surface area contributed by atoms with E-state index in [4.69, 9.17) is 14.2 Å². The highest BCUT2D eigenvalue weighted by molar-refractivity contribution is 5.95. The first-order valence-corrected chi connectivity index (χ1v) is 13.4. The lowest BCUT2D eigenvalue weighted by molar-refractivity contribution is -0.139. The fourth-order valence-electron chi connectivity index (χ4n) is 5.02. The molecule has 0 aliphatic carbocycles. The molecule has 0 unspecified atom stereocenters. The largest absolute Gasteiger partial charge is 0.495 e. The fourth-order valence-corrected chi connectivity index (χ4v) is 5.02. The first-order chi connectivity index (χ1) is 19.6. The number of nitrogens with one attached hydrogen (secondary N) is 2. The summed E-state index contributed by atoms with van der Waals surface area (Å²) in [6.07, 6.45) is -1.68. The summed E-state index contributed by atoms with van der Waals surface area (Å²) in [5, 5.41) is 5.95. The maximum atomic E-state index is 13.9. The number of alkyl halides is 3. The highest BCUT2D eigenvalue weighted by atomic mass is 19.4. The van der Waals surface area contributed by atoms with E-state index in [-0.39, 0.29) is 30.3 Å². The van der Waals surface area contributed by atoms with Gasteiger partial charge < -0.3 is 29.7 Å². The van der Waals surface area contributed by atoms with Gasteiger partial charge in [-0.2, -0.15) is 18.2 Å². The number of hydrogen-bond donors (Lipinski definition) is 2. The summed E-state index contributed by atoms with van der Waals surface area (Å²) in [6, 6.07) is 8.28. The van der Waals surface area contributed by atoms with Crippen molar-refractivity contribution in [3.8, 4) is 17.4 Å². The van der Waals surface area contributed by atoms with Gasteiger partial charge >= 0.3 is 6.18 Å². The van der Waals surface area contributed by atoms with Crippen molar-refractivity contribution < 1.29 is 32.2 Å². The van der Waals surface area contributed by atoms with Crippen LogP contribution in [0, 0.1) is 6.92 Å². The van der Waals surface area contributed by atoms with Crippen LogP contribution in [0.15, 0.2) is 36.5 Å². The number of likely N-dealkylation sites (tertiary alicyclic amines) is 1. The molecule has 12 heteroatoms. The number of benzene rings is 2. The van der Waals surface area contributed by atoms with Crippen molar-refractivity contribution in [2.75, 3.05) is 39.2 Å². The molecular formula is C29H32F3N5O4. The van der Waals surface area contributed by atoms with Gasteiger partial charge in [0.15, 0.2) is 0 Å². The third-order valence-corrected chi connectivity index (χ3v) is 7.40. The second-order valence-electron chi connectivity index (χ2n) is 10.2. The number of hydrogen-bond acceptors (Lipinski definition) is 8. The van der Waals surface area contributed by atoms with Gasteiger partial charge in [-0.05, 0) is 81.7 Å². The number of rotatable bonds is 7. The van der Waals surface area contributed by atoms with Crippen molar-refractivity contribution in [1.82, 2.24) is 20.2 Å². The smallest absolute Gasteiger partial charge is 0.423 e. The first-order valence-electron chi connectivity index (χ1n) is 13.4. The molecule has 0 atom stereocenters. The van der Waals surface area contributed by atoms with Crippen molar-refractivity contribution in [3.63, 3.8) is 0 Å². The zero-order valence-electron chi connectivity index (χ0n) is 23.1. The molecule has 2 aliphatic rings. The number of methoxy groups -OCH3 is 1. The summed E-state index contributed by atoms with van der Waals surface area (Å²) in [7, 11) is 3.48. The maximum absolute atomic E-state index is 13.9. The minimum absolute atomic E-state index is 0.0900. The fraction of sp³-hybridized carbons (Fsp3) is 0.414. The molecule has 0 radical (unpaired) electrons. The number of carbonyl (C=O) groups excluding carboxylic acids is 1. The third-order valence-electron chi connectivity index (χ3n) is 7.40. The number of carbonyl (C=O) groups is 1. The van der Waals surface area contributed by atoms with Crippen molar-refractivity contribution in [1.29, 1.82) is 0 Å². The molecule has 3 aromatic rings. The van der Waals surface area contributed by atoms with Crippen LogP contribution in [-0.2, 0) is 23.9 Å². The molecule has 3 heterocycles. The van der Waals surface area contributed by atoms with Crippen LogP contribution in [0.3, 0.4) is 0 Å². The van der Waals surface area contributed by atoms with Crippen LogP contribution in [0.5, 0.6) is 17.4 Å². The van der Waals surface area contributed by atoms with Crippen LogP contribution in [0.4, 0.5) is 24.8 Å². The van der Waals surface area contributed by atoms with Gasteiger partial charge in [-0.25, -0.2) is 4.98 Å². The molecule has 2 aliphatic heterocycles. The van der Waals surface area contributed by atoms with Gasteiger partial charge in [0.05, 0.1) is 26.0 Å². The Balaban J connectivity index is 1.39. The second-order valence-corrected chi connectivity index (χ2v) is 10.2. The quantitative estimate of drug-likeness (QED) is 0.397. The Hall–Kier alpha value is -3.90. The number of nitrogens with zero attached hydrogens (tertiary/aromatic N) is 3. The van der Waals surface area contributed by atoms with Crippen LogP contribution >= 0.6 is 0 Å². The van der Waals surface area contributed by atoms with Crippen LogP contribution in [0.1, 0.15) is 45.5 Å². The van der Waals surface area contributed by atoms with Gasteiger partial charge in [0, 0.05) is 23.4 Å².